The zero-order valence-electron chi connectivity index (χ0n) is 17.6. The largest absolute Gasteiger partial charge is 0.454 e. The van der Waals surface area contributed by atoms with Crippen LogP contribution in [0.4, 0.5) is 0 Å². The zero-order valence-corrected chi connectivity index (χ0v) is 18.4. The second kappa shape index (κ2) is 9.82. The van der Waals surface area contributed by atoms with Crippen LogP contribution in [0.15, 0.2) is 47.6 Å². The molecule has 2 heterocycles. The number of amides is 1. The Kier molecular flexibility index (Phi) is 6.71. The summed E-state index contributed by atoms with van der Waals surface area (Å²) in [4.78, 5) is 12.5. The van der Waals surface area contributed by atoms with E-state index in [-0.39, 0.29) is 24.5 Å². The molecule has 0 saturated carbocycles. The van der Waals surface area contributed by atoms with E-state index in [0.29, 0.717) is 10.9 Å². The monoisotopic (exact) mass is 439 g/mol. The van der Waals surface area contributed by atoms with Gasteiger partial charge in [-0.05, 0) is 65.6 Å². The fourth-order valence-electron chi connectivity index (χ4n) is 3.29. The van der Waals surface area contributed by atoms with Crippen molar-refractivity contribution in [3.63, 3.8) is 0 Å². The van der Waals surface area contributed by atoms with Gasteiger partial charge in [-0.25, -0.2) is 0 Å². The third-order valence-electron chi connectivity index (χ3n) is 5.05. The van der Waals surface area contributed by atoms with Crippen LogP contribution in [0.3, 0.4) is 0 Å². The van der Waals surface area contributed by atoms with Crippen molar-refractivity contribution in [3.05, 3.63) is 53.6 Å². The second-order valence-corrected chi connectivity index (χ2v) is 8.28. The zero-order chi connectivity index (χ0) is 21.6. The van der Waals surface area contributed by atoms with Crippen molar-refractivity contribution in [1.82, 2.24) is 25.5 Å². The Hall–Kier alpha value is -3.07. The Morgan fingerprint density at radius 2 is 2.00 bits per heavy atom. The number of carbonyl (C=O) groups is 1. The fraction of sp³-hybridized carbons (Fsp3) is 0.364. The maximum Gasteiger partial charge on any atom is 0.231 e. The first-order valence-corrected chi connectivity index (χ1v) is 11.3. The molecule has 1 N–H and O–H groups in total. The van der Waals surface area contributed by atoms with Crippen molar-refractivity contribution in [3.8, 4) is 17.2 Å². The SMILES string of the molecule is CCCCc1ccc(-n2nnnc2SCC(=O)NC(C)c2ccc3c(c2)OCO3)cc1. The maximum absolute atomic E-state index is 12.5. The first kappa shape index (κ1) is 21.2. The van der Waals surface area contributed by atoms with E-state index in [1.54, 1.807) is 4.68 Å². The van der Waals surface area contributed by atoms with E-state index in [0.717, 1.165) is 23.4 Å². The van der Waals surface area contributed by atoms with Gasteiger partial charge in [-0.2, -0.15) is 4.68 Å². The van der Waals surface area contributed by atoms with Gasteiger partial charge < -0.3 is 14.8 Å². The third-order valence-corrected chi connectivity index (χ3v) is 5.97. The summed E-state index contributed by atoms with van der Waals surface area (Å²) in [5.74, 6) is 1.54. The van der Waals surface area contributed by atoms with Crippen LogP contribution in [0.5, 0.6) is 11.5 Å². The highest BCUT2D eigenvalue weighted by Gasteiger charge is 2.18. The number of hydrogen-bond acceptors (Lipinski definition) is 7. The maximum atomic E-state index is 12.5. The summed E-state index contributed by atoms with van der Waals surface area (Å²) in [5, 5.41) is 15.5. The minimum Gasteiger partial charge on any atom is -0.454 e. The predicted octanol–water partition coefficient (Wildman–Crippen LogP) is 3.70. The highest BCUT2D eigenvalue weighted by Crippen LogP contribution is 2.34. The van der Waals surface area contributed by atoms with Crippen molar-refractivity contribution in [2.75, 3.05) is 12.5 Å². The molecule has 0 spiro atoms. The minimum atomic E-state index is -0.158. The molecule has 0 radical (unpaired) electrons. The molecule has 1 amide bonds. The first-order valence-electron chi connectivity index (χ1n) is 10.3. The van der Waals surface area contributed by atoms with Gasteiger partial charge in [0.1, 0.15) is 0 Å². The van der Waals surface area contributed by atoms with Crippen LogP contribution < -0.4 is 14.8 Å². The smallest absolute Gasteiger partial charge is 0.231 e. The van der Waals surface area contributed by atoms with Crippen LogP contribution in [-0.4, -0.2) is 38.7 Å². The molecule has 31 heavy (non-hydrogen) atoms. The number of thioether (sulfide) groups is 1. The number of tetrazole rings is 1. The molecule has 1 aliphatic rings. The number of aromatic nitrogens is 4. The molecule has 0 aliphatic carbocycles. The van der Waals surface area contributed by atoms with Crippen molar-refractivity contribution in [2.24, 2.45) is 0 Å². The van der Waals surface area contributed by atoms with Gasteiger partial charge in [0.2, 0.25) is 17.9 Å². The van der Waals surface area contributed by atoms with E-state index >= 15 is 0 Å². The lowest BCUT2D eigenvalue weighted by atomic mass is 10.1. The summed E-state index contributed by atoms with van der Waals surface area (Å²) < 4.78 is 12.4. The number of carbonyl (C=O) groups excluding carboxylic acids is 1. The topological polar surface area (TPSA) is 91.2 Å². The molecule has 0 bridgehead atoms. The molecular weight excluding hydrogens is 414 g/mol. The Morgan fingerprint density at radius 3 is 2.81 bits per heavy atom. The van der Waals surface area contributed by atoms with Crippen LogP contribution in [0.1, 0.15) is 43.9 Å². The highest BCUT2D eigenvalue weighted by molar-refractivity contribution is 7.99. The molecule has 1 unspecified atom stereocenters. The van der Waals surface area contributed by atoms with E-state index in [2.05, 4.69) is 39.9 Å². The van der Waals surface area contributed by atoms with E-state index in [9.17, 15) is 4.79 Å². The van der Waals surface area contributed by atoms with Gasteiger partial charge in [-0.3, -0.25) is 4.79 Å². The number of nitrogens with zero attached hydrogens (tertiary/aromatic N) is 4. The number of nitrogens with one attached hydrogen (secondary N) is 1. The normalized spacial score (nSPS) is 13.2. The number of benzene rings is 2. The van der Waals surface area contributed by atoms with Gasteiger partial charge in [-0.15, -0.1) is 5.10 Å². The average molecular weight is 440 g/mol. The number of rotatable bonds is 9. The van der Waals surface area contributed by atoms with Gasteiger partial charge >= 0.3 is 0 Å². The van der Waals surface area contributed by atoms with Crippen molar-refractivity contribution in [2.45, 2.75) is 44.3 Å². The summed E-state index contributed by atoms with van der Waals surface area (Å²) in [6.45, 7) is 4.35. The van der Waals surface area contributed by atoms with Crippen LogP contribution >= 0.6 is 11.8 Å². The lowest BCUT2D eigenvalue weighted by Crippen LogP contribution is -2.28. The van der Waals surface area contributed by atoms with Crippen LogP contribution in [0.2, 0.25) is 0 Å². The molecular formula is C22H25N5O3S. The van der Waals surface area contributed by atoms with Crippen molar-refractivity contribution in [1.29, 1.82) is 0 Å². The molecule has 2 aromatic carbocycles. The third kappa shape index (κ3) is 5.16. The Bertz CT molecular complexity index is 1040. The number of ether oxygens (including phenoxy) is 2. The van der Waals surface area contributed by atoms with Crippen LogP contribution in [0, 0.1) is 0 Å². The summed E-state index contributed by atoms with van der Waals surface area (Å²) in [5.41, 5.74) is 3.13. The van der Waals surface area contributed by atoms with Gasteiger partial charge in [0.15, 0.2) is 11.5 Å². The standard InChI is InChI=1S/C22H25N5O3S/c1-3-4-5-16-6-9-18(10-7-16)27-22(24-25-26-27)31-13-21(28)23-15(2)17-8-11-19-20(12-17)30-14-29-19/h6-12,15H,3-5,13-14H2,1-2H3,(H,23,28). The predicted molar refractivity (Wildman–Crippen MR) is 118 cm³/mol. The Morgan fingerprint density at radius 1 is 1.19 bits per heavy atom. The summed E-state index contributed by atoms with van der Waals surface area (Å²) in [7, 11) is 0. The first-order chi connectivity index (χ1) is 15.1. The van der Waals surface area contributed by atoms with Crippen molar-refractivity contribution < 1.29 is 14.3 Å². The average Bonchev–Trinajstić information content (AvgIpc) is 3.45. The number of aryl methyl sites for hydroxylation is 1. The summed E-state index contributed by atoms with van der Waals surface area (Å²) in [6, 6.07) is 13.7. The van der Waals surface area contributed by atoms with Gasteiger partial charge in [0.25, 0.3) is 0 Å². The highest BCUT2D eigenvalue weighted by atomic mass is 32.2. The molecule has 4 rings (SSSR count). The molecule has 9 heteroatoms. The minimum absolute atomic E-state index is 0.0976. The summed E-state index contributed by atoms with van der Waals surface area (Å²) in [6.07, 6.45) is 3.41. The summed E-state index contributed by atoms with van der Waals surface area (Å²) >= 11 is 1.30. The lowest BCUT2D eigenvalue weighted by molar-refractivity contribution is -0.119. The Labute approximate surface area is 185 Å². The van der Waals surface area contributed by atoms with Crippen molar-refractivity contribution >= 4 is 17.7 Å². The molecule has 8 nitrogen and oxygen atoms in total. The number of fused-ring (bicyclic) bond motifs is 1. The van der Waals surface area contributed by atoms with E-state index < -0.39 is 0 Å². The molecule has 162 valence electrons. The Balaban J connectivity index is 1.33. The van der Waals surface area contributed by atoms with Gasteiger partial charge in [0.05, 0.1) is 17.5 Å². The van der Waals surface area contributed by atoms with Crippen LogP contribution in [-0.2, 0) is 11.2 Å². The molecule has 1 aliphatic heterocycles. The lowest BCUT2D eigenvalue weighted by Gasteiger charge is -2.14. The molecule has 0 fully saturated rings. The second-order valence-electron chi connectivity index (χ2n) is 7.33. The number of unbranched alkanes of at least 4 members (excludes halogenated alkanes) is 1. The fourth-order valence-corrected chi connectivity index (χ4v) is 4.00. The molecule has 1 aromatic heterocycles. The van der Waals surface area contributed by atoms with E-state index in [4.69, 9.17) is 9.47 Å². The number of hydrogen-bond donors (Lipinski definition) is 1. The van der Waals surface area contributed by atoms with Gasteiger partial charge in [0, 0.05) is 0 Å². The molecule has 1 atom stereocenters. The van der Waals surface area contributed by atoms with E-state index in [1.165, 1.54) is 30.2 Å². The van der Waals surface area contributed by atoms with Crippen LogP contribution in [0.25, 0.3) is 5.69 Å². The quantitative estimate of drug-likeness (QED) is 0.508. The molecule has 0 saturated heterocycles. The van der Waals surface area contributed by atoms with E-state index in [1.807, 2.05) is 37.3 Å². The molecule has 3 aromatic rings. The van der Waals surface area contributed by atoms with Gasteiger partial charge in [-0.1, -0.05) is 43.3 Å².